The Morgan fingerprint density at radius 1 is 1.20 bits per heavy atom. The van der Waals surface area contributed by atoms with E-state index in [2.05, 4.69) is 27.8 Å². The number of guanidine groups is 1. The second-order valence-corrected chi connectivity index (χ2v) is 7.47. The van der Waals surface area contributed by atoms with Crippen LogP contribution in [0.4, 0.5) is 5.95 Å². The van der Waals surface area contributed by atoms with Gasteiger partial charge in [0, 0.05) is 23.7 Å². The molecule has 2 aliphatic carbocycles. The van der Waals surface area contributed by atoms with Gasteiger partial charge in [-0.05, 0) is 39.0 Å². The van der Waals surface area contributed by atoms with E-state index >= 15 is 0 Å². The van der Waals surface area contributed by atoms with Crippen LogP contribution in [-0.4, -0.2) is 21.6 Å². The monoisotopic (exact) mass is 341 g/mol. The van der Waals surface area contributed by atoms with E-state index in [-0.39, 0.29) is 11.7 Å². The second-order valence-electron chi connectivity index (χ2n) is 7.47. The zero-order chi connectivity index (χ0) is 17.2. The Bertz CT molecular complexity index is 745. The molecule has 0 spiro atoms. The molecular formula is C19H27N5O. The smallest absolute Gasteiger partial charge is 0.256 e. The van der Waals surface area contributed by atoms with Crippen molar-refractivity contribution < 1.29 is 0 Å². The molecule has 1 aliphatic heterocycles. The predicted octanol–water partition coefficient (Wildman–Crippen LogP) is 3.11. The van der Waals surface area contributed by atoms with E-state index in [9.17, 15) is 4.79 Å². The van der Waals surface area contributed by atoms with Gasteiger partial charge in [0.15, 0.2) is 5.96 Å². The Kier molecular flexibility index (Phi) is 4.59. The van der Waals surface area contributed by atoms with Crippen LogP contribution in [0.15, 0.2) is 28.0 Å². The van der Waals surface area contributed by atoms with Crippen LogP contribution in [-0.2, 0) is 0 Å². The first-order valence-electron chi connectivity index (χ1n) is 9.57. The van der Waals surface area contributed by atoms with Gasteiger partial charge in [-0.15, -0.1) is 0 Å². The minimum Gasteiger partial charge on any atom is -0.353 e. The lowest BCUT2D eigenvalue weighted by Gasteiger charge is -2.34. The van der Waals surface area contributed by atoms with E-state index in [1.807, 2.05) is 6.92 Å². The highest BCUT2D eigenvalue weighted by atomic mass is 16.1. The average molecular weight is 341 g/mol. The molecule has 25 heavy (non-hydrogen) atoms. The number of aryl methyl sites for hydroxylation is 1. The van der Waals surface area contributed by atoms with Crippen LogP contribution in [0.5, 0.6) is 0 Å². The molecule has 0 bridgehead atoms. The molecule has 2 atom stereocenters. The summed E-state index contributed by atoms with van der Waals surface area (Å²) < 4.78 is 1.74. The number of allylic oxidation sites excluding steroid dienone is 2. The number of hydrogen-bond donors (Lipinski definition) is 2. The largest absolute Gasteiger partial charge is 0.353 e. The lowest BCUT2D eigenvalue weighted by atomic mass is 9.91. The van der Waals surface area contributed by atoms with Crippen LogP contribution in [0.2, 0.25) is 0 Å². The molecule has 2 heterocycles. The fourth-order valence-electron chi connectivity index (χ4n) is 4.20. The Labute approximate surface area is 148 Å². The third kappa shape index (κ3) is 3.48. The molecule has 0 saturated heterocycles. The molecule has 0 unspecified atom stereocenters. The summed E-state index contributed by atoms with van der Waals surface area (Å²) in [5.41, 5.74) is 0.722. The van der Waals surface area contributed by atoms with Crippen LogP contribution < -0.4 is 16.2 Å². The molecule has 1 saturated carbocycles. The van der Waals surface area contributed by atoms with Gasteiger partial charge in [0.1, 0.15) is 6.17 Å². The van der Waals surface area contributed by atoms with Crippen molar-refractivity contribution in [2.45, 2.75) is 70.5 Å². The maximum atomic E-state index is 12.6. The fraction of sp³-hybridized carbons (Fsp3) is 0.632. The molecule has 1 aromatic rings. The highest BCUT2D eigenvalue weighted by Crippen LogP contribution is 2.33. The average Bonchev–Trinajstić information content (AvgIpc) is 2.62. The van der Waals surface area contributed by atoms with Crippen molar-refractivity contribution in [2.24, 2.45) is 10.9 Å². The predicted molar refractivity (Wildman–Crippen MR) is 99.8 cm³/mol. The summed E-state index contributed by atoms with van der Waals surface area (Å²) >= 11 is 0. The van der Waals surface area contributed by atoms with Crippen LogP contribution >= 0.6 is 0 Å². The SMILES string of the molecule is Cc1cc(=O)n2c(n1)NC(NC1CCCCC1)=N[C@@H]2[C@H]1CC=CCC1. The number of rotatable bonds is 2. The Hall–Kier alpha value is -2.11. The summed E-state index contributed by atoms with van der Waals surface area (Å²) in [5.74, 6) is 1.75. The van der Waals surface area contributed by atoms with Gasteiger partial charge < -0.3 is 5.32 Å². The van der Waals surface area contributed by atoms with E-state index < -0.39 is 0 Å². The number of nitrogens with one attached hydrogen (secondary N) is 2. The first kappa shape index (κ1) is 16.4. The third-order valence-electron chi connectivity index (χ3n) is 5.51. The van der Waals surface area contributed by atoms with Crippen molar-refractivity contribution in [3.05, 3.63) is 34.3 Å². The van der Waals surface area contributed by atoms with E-state index in [1.165, 1.54) is 32.1 Å². The van der Waals surface area contributed by atoms with Crippen LogP contribution in [0.3, 0.4) is 0 Å². The molecule has 2 N–H and O–H groups in total. The topological polar surface area (TPSA) is 71.3 Å². The summed E-state index contributed by atoms with van der Waals surface area (Å²) in [4.78, 5) is 22.1. The minimum absolute atomic E-state index is 0.0185. The number of nitrogens with zero attached hydrogens (tertiary/aromatic N) is 3. The molecule has 1 fully saturated rings. The molecule has 6 heteroatoms. The number of aliphatic imine (C=N–C) groups is 1. The zero-order valence-electron chi connectivity index (χ0n) is 14.9. The Balaban J connectivity index is 1.65. The normalized spacial score (nSPS) is 26.5. The van der Waals surface area contributed by atoms with Crippen molar-refractivity contribution in [3.8, 4) is 0 Å². The Morgan fingerprint density at radius 3 is 2.80 bits per heavy atom. The molecular weight excluding hydrogens is 314 g/mol. The maximum absolute atomic E-state index is 12.6. The van der Waals surface area contributed by atoms with Crippen molar-refractivity contribution >= 4 is 11.9 Å². The van der Waals surface area contributed by atoms with Gasteiger partial charge in [0.2, 0.25) is 5.95 Å². The van der Waals surface area contributed by atoms with E-state index in [0.717, 1.165) is 30.9 Å². The summed E-state index contributed by atoms with van der Waals surface area (Å²) in [5, 5.41) is 6.84. The number of aromatic nitrogens is 2. The van der Waals surface area contributed by atoms with Gasteiger partial charge in [-0.3, -0.25) is 14.7 Å². The Morgan fingerprint density at radius 2 is 2.04 bits per heavy atom. The van der Waals surface area contributed by atoms with Gasteiger partial charge in [-0.2, -0.15) is 0 Å². The van der Waals surface area contributed by atoms with Gasteiger partial charge in [-0.25, -0.2) is 9.98 Å². The highest BCUT2D eigenvalue weighted by Gasteiger charge is 2.31. The van der Waals surface area contributed by atoms with Gasteiger partial charge in [0.25, 0.3) is 5.56 Å². The zero-order valence-corrected chi connectivity index (χ0v) is 14.9. The van der Waals surface area contributed by atoms with Crippen LogP contribution in [0.25, 0.3) is 0 Å². The lowest BCUT2D eigenvalue weighted by Crippen LogP contribution is -2.46. The molecule has 0 aromatic carbocycles. The number of fused-ring (bicyclic) bond motifs is 1. The van der Waals surface area contributed by atoms with Crippen molar-refractivity contribution in [1.29, 1.82) is 0 Å². The third-order valence-corrected chi connectivity index (χ3v) is 5.51. The van der Waals surface area contributed by atoms with Gasteiger partial charge in [0.05, 0.1) is 0 Å². The first-order chi connectivity index (χ1) is 12.2. The number of hydrogen-bond acceptors (Lipinski definition) is 5. The van der Waals surface area contributed by atoms with Crippen molar-refractivity contribution in [1.82, 2.24) is 14.9 Å². The summed E-state index contributed by atoms with van der Waals surface area (Å²) in [6, 6.07) is 2.07. The molecule has 4 rings (SSSR count). The summed E-state index contributed by atoms with van der Waals surface area (Å²) in [6.07, 6.45) is 13.6. The molecule has 3 aliphatic rings. The highest BCUT2D eigenvalue weighted by molar-refractivity contribution is 5.93. The minimum atomic E-state index is -0.173. The van der Waals surface area contributed by atoms with Crippen LogP contribution in [0.1, 0.15) is 63.2 Å². The van der Waals surface area contributed by atoms with Gasteiger partial charge >= 0.3 is 0 Å². The van der Waals surface area contributed by atoms with E-state index in [4.69, 9.17) is 4.99 Å². The van der Waals surface area contributed by atoms with Crippen molar-refractivity contribution in [2.75, 3.05) is 5.32 Å². The molecule has 6 nitrogen and oxygen atoms in total. The fourth-order valence-corrected chi connectivity index (χ4v) is 4.20. The van der Waals surface area contributed by atoms with Crippen LogP contribution in [0, 0.1) is 12.8 Å². The molecule has 0 radical (unpaired) electrons. The van der Waals surface area contributed by atoms with E-state index in [0.29, 0.717) is 17.9 Å². The second kappa shape index (κ2) is 7.02. The summed E-state index contributed by atoms with van der Waals surface area (Å²) in [6.45, 7) is 1.86. The lowest BCUT2D eigenvalue weighted by molar-refractivity contribution is 0.305. The summed E-state index contributed by atoms with van der Waals surface area (Å²) in [7, 11) is 0. The van der Waals surface area contributed by atoms with Crippen molar-refractivity contribution in [3.63, 3.8) is 0 Å². The quantitative estimate of drug-likeness (QED) is 0.811. The maximum Gasteiger partial charge on any atom is 0.256 e. The first-order valence-corrected chi connectivity index (χ1v) is 9.57. The standard InChI is InChI=1S/C19H27N5O/c1-13-12-16(25)24-17(14-8-4-2-5-9-14)22-18(23-19(24)20-13)21-15-10-6-3-7-11-15/h2,4,12,14-15,17H,3,5-11H2,1H3,(H2,20,21,22,23)/t14-,17-/m0/s1. The molecule has 1 aromatic heterocycles. The molecule has 0 amide bonds. The van der Waals surface area contributed by atoms with E-state index in [1.54, 1.807) is 10.6 Å². The van der Waals surface area contributed by atoms with Gasteiger partial charge in [-0.1, -0.05) is 31.4 Å². The molecule has 134 valence electrons. The number of anilines is 1.